The maximum atomic E-state index is 11.1. The predicted octanol–water partition coefficient (Wildman–Crippen LogP) is 3.39. The van der Waals surface area contributed by atoms with Crippen LogP contribution < -0.4 is 8.70 Å². The molecule has 0 atom stereocenters. The molecule has 2 rings (SSSR count). The molecule has 0 aliphatic heterocycles. The molecule has 0 unspecified atom stereocenters. The molecule has 2 aromatic rings. The Hall–Kier alpha value is -2.04. The van der Waals surface area contributed by atoms with Gasteiger partial charge in [0.1, 0.15) is 4.91 Å². The number of hydrogen-bond donors (Lipinski definition) is 2. The fourth-order valence-corrected chi connectivity index (χ4v) is 7.28. The molecule has 2 aromatic carbocycles. The number of rotatable bonds is 4. The molecule has 0 fully saturated rings. The fourth-order valence-electron chi connectivity index (χ4n) is 2.13. The Morgan fingerprint density at radius 3 is 1.37 bits per heavy atom. The van der Waals surface area contributed by atoms with Gasteiger partial charge in [0.15, 0.2) is 0 Å². The van der Waals surface area contributed by atoms with E-state index in [1.807, 2.05) is 23.6 Å². The van der Waals surface area contributed by atoms with Crippen molar-refractivity contribution < 1.29 is 25.3 Å². The van der Waals surface area contributed by atoms with E-state index in [-0.39, 0.29) is 11.4 Å². The second-order valence-electron chi connectivity index (χ2n) is 5.49. The van der Waals surface area contributed by atoms with Gasteiger partial charge in [-0.05, 0) is 0 Å². The Morgan fingerprint density at radius 1 is 0.815 bits per heavy atom. The minimum atomic E-state index is -2.71. The molecule has 0 amide bonds. The Morgan fingerprint density at radius 2 is 1.11 bits per heavy atom. The molecule has 0 radical (unpaired) electrons. The maximum Gasteiger partial charge on any atom is 0.472 e. The molecule has 27 heavy (non-hydrogen) atoms. The summed E-state index contributed by atoms with van der Waals surface area (Å²) in [7, 11) is 0. The van der Waals surface area contributed by atoms with Gasteiger partial charge >= 0.3 is 157 Å². The van der Waals surface area contributed by atoms with Crippen molar-refractivity contribution in [2.24, 2.45) is 0 Å². The summed E-state index contributed by atoms with van der Waals surface area (Å²) in [5.41, 5.74) is 4.09. The average molecular weight is 571 g/mol. The summed E-state index contributed by atoms with van der Waals surface area (Å²) in [6.07, 6.45) is 0. The second kappa shape index (κ2) is 9.25. The predicted molar refractivity (Wildman–Crippen MR) is 106 cm³/mol. The quantitative estimate of drug-likeness (QED) is 0.325. The third-order valence-corrected chi connectivity index (χ3v) is 11.5. The van der Waals surface area contributed by atoms with Gasteiger partial charge in [-0.15, -0.1) is 0 Å². The topological polar surface area (TPSA) is 147 Å². The third-order valence-electron chi connectivity index (χ3n) is 3.54. The summed E-state index contributed by atoms with van der Waals surface area (Å²) in [5.74, 6) is 0. The molecule has 0 aromatic heterocycles. The van der Waals surface area contributed by atoms with Gasteiger partial charge in [-0.3, -0.25) is 0 Å². The zero-order valence-corrected chi connectivity index (χ0v) is 19.0. The molecule has 13 heteroatoms. The first kappa shape index (κ1) is 23.0. The van der Waals surface area contributed by atoms with Gasteiger partial charge in [-0.1, -0.05) is 0 Å². The SMILES string of the molecule is C[As+](C)(c1ccc(Br)c([N+](=O)[O-])c1)c1ccc(Br)c([N+](=O)[O-])c1.O=[N+](O)O. The van der Waals surface area contributed by atoms with Crippen LogP contribution in [0.5, 0.6) is 0 Å². The first-order valence-corrected chi connectivity index (χ1v) is 14.2. The van der Waals surface area contributed by atoms with Crippen LogP contribution in [0, 0.1) is 25.1 Å². The zero-order chi connectivity index (χ0) is 20.9. The summed E-state index contributed by atoms with van der Waals surface area (Å²) in [4.78, 5) is 29.8. The minimum absolute atomic E-state index is 0.00333. The molecule has 0 saturated heterocycles. The summed E-state index contributed by atoms with van der Waals surface area (Å²) < 4.78 is 2.58. The molecule has 2 N–H and O–H groups in total. The number of nitro benzene ring substituents is 2. The standard InChI is InChI=1S/C14H12AsBr2N2O4.H2NO3/c1-15(2,9-3-5-11(16)13(7-9)18(20)21)10-4-6-12(17)14(8-10)19(22)23;2-1(3)4/h3-8H,1-2H3;(H2,2,3,4)/q2*+1. The van der Waals surface area contributed by atoms with Crippen LogP contribution in [-0.2, 0) is 0 Å². The molecular weight excluding hydrogens is 557 g/mol. The van der Waals surface area contributed by atoms with E-state index in [0.29, 0.717) is 8.95 Å². The van der Waals surface area contributed by atoms with Crippen LogP contribution in [0.1, 0.15) is 0 Å². The Kier molecular flexibility index (Phi) is 7.88. The Balaban J connectivity index is 0.000000828. The largest absolute Gasteiger partial charge is 0.472 e. The van der Waals surface area contributed by atoms with Crippen LogP contribution in [0.25, 0.3) is 0 Å². The van der Waals surface area contributed by atoms with Crippen LogP contribution in [0.15, 0.2) is 45.3 Å². The zero-order valence-electron chi connectivity index (χ0n) is 13.9. The van der Waals surface area contributed by atoms with Crippen molar-refractivity contribution in [3.05, 3.63) is 70.5 Å². The van der Waals surface area contributed by atoms with E-state index in [1.165, 1.54) is 0 Å². The Labute approximate surface area is 172 Å². The second-order valence-corrected chi connectivity index (χ2v) is 15.5. The van der Waals surface area contributed by atoms with Gasteiger partial charge in [0.05, 0.1) is 0 Å². The van der Waals surface area contributed by atoms with Crippen LogP contribution in [-0.4, -0.2) is 38.9 Å². The van der Waals surface area contributed by atoms with E-state index in [2.05, 4.69) is 31.9 Å². The summed E-state index contributed by atoms with van der Waals surface area (Å²) in [5, 5.41) is 34.8. The van der Waals surface area contributed by atoms with Gasteiger partial charge in [0.2, 0.25) is 0 Å². The Bertz CT molecular complexity index is 839. The van der Waals surface area contributed by atoms with Crippen molar-refractivity contribution in [2.75, 3.05) is 0 Å². The number of halogens is 2. The normalized spacial score (nSPS) is 10.5. The molecular formula is C14H14AsBr2N3O7+2. The van der Waals surface area contributed by atoms with E-state index < -0.39 is 28.5 Å². The van der Waals surface area contributed by atoms with E-state index in [9.17, 15) is 20.2 Å². The van der Waals surface area contributed by atoms with Gasteiger partial charge in [-0.25, -0.2) is 10.4 Å². The fraction of sp³-hybridized carbons (Fsp3) is 0.143. The molecule has 10 nitrogen and oxygen atoms in total. The minimum Gasteiger partial charge on any atom is -0.201 e. The van der Waals surface area contributed by atoms with Crippen molar-refractivity contribution >= 4 is 65.5 Å². The summed E-state index contributed by atoms with van der Waals surface area (Å²) >= 11 is 3.65. The molecule has 144 valence electrons. The third kappa shape index (κ3) is 5.98. The number of nitrogens with zero attached hydrogens (tertiary/aromatic N) is 3. The summed E-state index contributed by atoms with van der Waals surface area (Å²) in [6, 6.07) is 10.1. The number of benzene rings is 2. The van der Waals surface area contributed by atoms with Gasteiger partial charge < -0.3 is 0 Å². The van der Waals surface area contributed by atoms with Crippen LogP contribution in [0.2, 0.25) is 11.4 Å². The smallest absolute Gasteiger partial charge is 0.201 e. The van der Waals surface area contributed by atoms with E-state index in [1.54, 1.807) is 24.3 Å². The van der Waals surface area contributed by atoms with Crippen LogP contribution >= 0.6 is 31.9 Å². The van der Waals surface area contributed by atoms with Crippen LogP contribution in [0.4, 0.5) is 11.4 Å². The van der Waals surface area contributed by atoms with E-state index in [4.69, 9.17) is 15.3 Å². The van der Waals surface area contributed by atoms with Crippen molar-refractivity contribution in [2.45, 2.75) is 11.4 Å². The van der Waals surface area contributed by atoms with Gasteiger partial charge in [0, 0.05) is 0 Å². The number of nitro groups is 2. The van der Waals surface area contributed by atoms with Crippen molar-refractivity contribution in [3.8, 4) is 0 Å². The average Bonchev–Trinajstić information content (AvgIpc) is 2.54. The molecule has 0 bridgehead atoms. The monoisotopic (exact) mass is 569 g/mol. The van der Waals surface area contributed by atoms with Crippen molar-refractivity contribution in [1.82, 2.24) is 0 Å². The van der Waals surface area contributed by atoms with Gasteiger partial charge in [-0.2, -0.15) is 0 Å². The molecule has 0 saturated carbocycles. The van der Waals surface area contributed by atoms with E-state index >= 15 is 0 Å². The molecule has 0 spiro atoms. The molecule has 0 aliphatic rings. The molecule has 0 aliphatic carbocycles. The first-order chi connectivity index (χ1) is 12.4. The van der Waals surface area contributed by atoms with E-state index in [0.717, 1.165) is 8.70 Å². The van der Waals surface area contributed by atoms with Crippen molar-refractivity contribution in [3.63, 3.8) is 0 Å². The molecule has 0 heterocycles. The number of hydrogen-bond acceptors (Lipinski definition) is 5. The first-order valence-electron chi connectivity index (χ1n) is 6.96. The maximum absolute atomic E-state index is 11.1. The van der Waals surface area contributed by atoms with Crippen LogP contribution in [0.3, 0.4) is 0 Å². The van der Waals surface area contributed by atoms with Gasteiger partial charge in [0.25, 0.3) is 0 Å². The summed E-state index contributed by atoms with van der Waals surface area (Å²) in [6.45, 7) is 0. The van der Waals surface area contributed by atoms with Crippen molar-refractivity contribution in [1.29, 1.82) is 0 Å².